The van der Waals surface area contributed by atoms with Crippen LogP contribution in [-0.2, 0) is 21.5 Å². The quantitative estimate of drug-likeness (QED) is 0.546. The number of carbonyl (C=O) groups is 1. The highest BCUT2D eigenvalue weighted by atomic mass is 127. The van der Waals surface area contributed by atoms with Crippen molar-refractivity contribution in [1.82, 2.24) is 4.90 Å². The summed E-state index contributed by atoms with van der Waals surface area (Å²) in [7, 11) is 0. The summed E-state index contributed by atoms with van der Waals surface area (Å²) >= 11 is 4.24. The van der Waals surface area contributed by atoms with Crippen LogP contribution in [0.4, 0.5) is 4.79 Å². The van der Waals surface area contributed by atoms with Gasteiger partial charge in [0.15, 0.2) is 0 Å². The first kappa shape index (κ1) is 17.5. The van der Waals surface area contributed by atoms with Crippen molar-refractivity contribution in [2.45, 2.75) is 64.2 Å². The minimum Gasteiger partial charge on any atom is -0.444 e. The van der Waals surface area contributed by atoms with Crippen molar-refractivity contribution in [3.63, 3.8) is 0 Å². The van der Waals surface area contributed by atoms with Gasteiger partial charge in [-0.2, -0.15) is 0 Å². The van der Waals surface area contributed by atoms with Crippen LogP contribution >= 0.6 is 33.9 Å². The van der Waals surface area contributed by atoms with E-state index in [2.05, 4.69) is 35.6 Å². The lowest BCUT2D eigenvalue weighted by molar-refractivity contribution is -0.108. The van der Waals surface area contributed by atoms with Gasteiger partial charge in [0.25, 0.3) is 0 Å². The summed E-state index contributed by atoms with van der Waals surface area (Å²) in [5, 5.41) is 0. The fraction of sp³-hybridized carbons (Fsp3) is 0.706. The van der Waals surface area contributed by atoms with Crippen LogP contribution in [0.25, 0.3) is 0 Å². The molecule has 0 N–H and O–H groups in total. The molecule has 2 aliphatic heterocycles. The molecule has 1 aromatic heterocycles. The van der Waals surface area contributed by atoms with E-state index in [-0.39, 0.29) is 17.7 Å². The van der Waals surface area contributed by atoms with Crippen molar-refractivity contribution < 1.29 is 14.3 Å². The topological polar surface area (TPSA) is 38.8 Å². The lowest BCUT2D eigenvalue weighted by Crippen LogP contribution is -2.53. The number of hydrogen-bond acceptors (Lipinski definition) is 4. The summed E-state index contributed by atoms with van der Waals surface area (Å²) in [6, 6.07) is 2.40. The molecule has 1 aromatic rings. The van der Waals surface area contributed by atoms with Crippen molar-refractivity contribution in [3.05, 3.63) is 19.4 Å². The van der Waals surface area contributed by atoms with Gasteiger partial charge in [0.1, 0.15) is 11.2 Å². The van der Waals surface area contributed by atoms with Crippen LogP contribution in [0.2, 0.25) is 0 Å². The Kier molecular flexibility index (Phi) is 4.70. The summed E-state index contributed by atoms with van der Waals surface area (Å²) in [6.07, 6.45) is 2.48. The van der Waals surface area contributed by atoms with Gasteiger partial charge in [-0.05, 0) is 74.8 Å². The Bertz CT molecular complexity index is 609. The van der Waals surface area contributed by atoms with E-state index in [0.29, 0.717) is 6.54 Å². The SMILES string of the molecule is C[C@H]1C[C@@]2(CCN1C(=O)OC(C)(C)C)OCCc1cc(I)sc12. The molecule has 2 atom stereocenters. The molecule has 23 heavy (non-hydrogen) atoms. The van der Waals surface area contributed by atoms with E-state index in [9.17, 15) is 4.79 Å². The molecule has 1 amide bonds. The first-order valence-corrected chi connectivity index (χ1v) is 10.0. The third-order valence-corrected chi connectivity index (χ3v) is 6.61. The Morgan fingerprint density at radius 2 is 2.26 bits per heavy atom. The summed E-state index contributed by atoms with van der Waals surface area (Å²) in [6.45, 7) is 9.28. The molecule has 0 aromatic carbocycles. The second kappa shape index (κ2) is 6.19. The van der Waals surface area contributed by atoms with Crippen LogP contribution in [0, 0.1) is 2.88 Å². The average Bonchev–Trinajstić information content (AvgIpc) is 2.79. The number of ether oxygens (including phenoxy) is 2. The molecule has 1 fully saturated rings. The lowest BCUT2D eigenvalue weighted by atomic mass is 9.82. The zero-order chi connectivity index (χ0) is 16.8. The van der Waals surface area contributed by atoms with Gasteiger partial charge in [0.05, 0.1) is 9.49 Å². The highest BCUT2D eigenvalue weighted by Gasteiger charge is 2.46. The summed E-state index contributed by atoms with van der Waals surface area (Å²) in [4.78, 5) is 15.6. The normalized spacial score (nSPS) is 27.9. The molecule has 0 aliphatic carbocycles. The summed E-state index contributed by atoms with van der Waals surface area (Å²) < 4.78 is 13.1. The van der Waals surface area contributed by atoms with Crippen molar-refractivity contribution in [1.29, 1.82) is 0 Å². The molecule has 3 rings (SSSR count). The third-order valence-electron chi connectivity index (χ3n) is 4.48. The van der Waals surface area contributed by atoms with Gasteiger partial charge in [-0.1, -0.05) is 0 Å². The zero-order valence-electron chi connectivity index (χ0n) is 14.1. The monoisotopic (exact) mass is 449 g/mol. The molecule has 1 saturated heterocycles. The molecule has 0 radical (unpaired) electrons. The first-order chi connectivity index (χ1) is 10.7. The average molecular weight is 449 g/mol. The molecule has 4 nitrogen and oxygen atoms in total. The largest absolute Gasteiger partial charge is 0.444 e. The zero-order valence-corrected chi connectivity index (χ0v) is 17.1. The van der Waals surface area contributed by atoms with Gasteiger partial charge < -0.3 is 14.4 Å². The third kappa shape index (κ3) is 3.54. The smallest absolute Gasteiger partial charge is 0.410 e. The maximum atomic E-state index is 12.4. The minimum absolute atomic E-state index is 0.115. The van der Waals surface area contributed by atoms with E-state index in [4.69, 9.17) is 9.47 Å². The molecule has 128 valence electrons. The number of likely N-dealkylation sites (tertiary alicyclic amines) is 1. The molecule has 0 saturated carbocycles. The van der Waals surface area contributed by atoms with E-state index < -0.39 is 5.60 Å². The standard InChI is InChI=1S/C17H24INO3S/c1-11-10-17(6-7-19(11)15(20)22-16(2,3)4)14-12(5-8-21-17)9-13(18)23-14/h9,11H,5-8,10H2,1-4H3/t11-,17+/m0/s1. The Balaban J connectivity index is 1.78. The van der Waals surface area contributed by atoms with Crippen LogP contribution in [0.5, 0.6) is 0 Å². The molecular formula is C17H24INO3S. The Hall–Kier alpha value is -0.340. The van der Waals surface area contributed by atoms with Crippen molar-refractivity contribution in [2.75, 3.05) is 13.2 Å². The van der Waals surface area contributed by atoms with E-state index in [0.717, 1.165) is 25.9 Å². The van der Waals surface area contributed by atoms with Gasteiger partial charge >= 0.3 is 6.09 Å². The van der Waals surface area contributed by atoms with Gasteiger partial charge in [-0.15, -0.1) is 11.3 Å². The maximum absolute atomic E-state index is 12.4. The second-order valence-electron chi connectivity index (χ2n) is 7.47. The summed E-state index contributed by atoms with van der Waals surface area (Å²) in [5.74, 6) is 0. The van der Waals surface area contributed by atoms with Crippen molar-refractivity contribution in [3.8, 4) is 0 Å². The highest BCUT2D eigenvalue weighted by molar-refractivity contribution is 14.1. The fourth-order valence-corrected chi connectivity index (χ4v) is 5.68. The number of fused-ring (bicyclic) bond motifs is 2. The minimum atomic E-state index is -0.454. The van der Waals surface area contributed by atoms with E-state index in [1.54, 1.807) is 0 Å². The van der Waals surface area contributed by atoms with Gasteiger partial charge in [0, 0.05) is 23.9 Å². The number of hydrogen-bond donors (Lipinski definition) is 0. The Morgan fingerprint density at radius 1 is 1.52 bits per heavy atom. The van der Waals surface area contributed by atoms with Crippen LogP contribution in [0.3, 0.4) is 0 Å². The van der Waals surface area contributed by atoms with Gasteiger partial charge in [-0.25, -0.2) is 4.79 Å². The van der Waals surface area contributed by atoms with E-state index in [1.807, 2.05) is 37.0 Å². The van der Waals surface area contributed by atoms with Crippen LogP contribution in [-0.4, -0.2) is 35.8 Å². The number of piperidine rings is 1. The number of rotatable bonds is 0. The maximum Gasteiger partial charge on any atom is 0.410 e. The highest BCUT2D eigenvalue weighted by Crippen LogP contribution is 2.47. The number of nitrogens with zero attached hydrogens (tertiary/aromatic N) is 1. The van der Waals surface area contributed by atoms with Crippen molar-refractivity contribution >= 4 is 40.0 Å². The van der Waals surface area contributed by atoms with E-state index >= 15 is 0 Å². The predicted octanol–water partition coefficient (Wildman–Crippen LogP) is 4.54. The Morgan fingerprint density at radius 3 is 2.91 bits per heavy atom. The molecule has 2 aliphatic rings. The number of halogens is 1. The molecular weight excluding hydrogens is 425 g/mol. The second-order valence-corrected chi connectivity index (χ2v) is 10.4. The molecule has 1 spiro atoms. The van der Waals surface area contributed by atoms with Gasteiger partial charge in [0.2, 0.25) is 0 Å². The number of thiophene rings is 1. The summed E-state index contributed by atoms with van der Waals surface area (Å²) in [5.41, 5.74) is 0.771. The van der Waals surface area contributed by atoms with Crippen LogP contribution in [0.1, 0.15) is 51.0 Å². The Labute approximate surface area is 155 Å². The van der Waals surface area contributed by atoms with Crippen LogP contribution in [0.15, 0.2) is 6.07 Å². The fourth-order valence-electron chi connectivity index (χ4n) is 3.53. The lowest BCUT2D eigenvalue weighted by Gasteiger charge is -2.46. The molecule has 3 heterocycles. The molecule has 0 unspecified atom stereocenters. The molecule has 0 bridgehead atoms. The molecule has 6 heteroatoms. The first-order valence-electron chi connectivity index (χ1n) is 8.12. The number of amides is 1. The van der Waals surface area contributed by atoms with Crippen LogP contribution < -0.4 is 0 Å². The van der Waals surface area contributed by atoms with E-state index in [1.165, 1.54) is 13.3 Å². The van der Waals surface area contributed by atoms with Gasteiger partial charge in [-0.3, -0.25) is 0 Å². The van der Waals surface area contributed by atoms with Crippen molar-refractivity contribution in [2.24, 2.45) is 0 Å². The number of carbonyl (C=O) groups excluding carboxylic acids is 1. The predicted molar refractivity (Wildman–Crippen MR) is 100 cm³/mol.